The van der Waals surface area contributed by atoms with E-state index in [0.29, 0.717) is 6.42 Å². The van der Waals surface area contributed by atoms with Gasteiger partial charge in [0.25, 0.3) is 0 Å². The van der Waals surface area contributed by atoms with Gasteiger partial charge in [0.05, 0.1) is 18.1 Å². The molecule has 1 aromatic rings. The molecule has 1 rings (SSSR count). The van der Waals surface area contributed by atoms with Gasteiger partial charge in [-0.1, -0.05) is 11.8 Å². The highest BCUT2D eigenvalue weighted by atomic mass is 32.2. The van der Waals surface area contributed by atoms with Gasteiger partial charge in [0.15, 0.2) is 0 Å². The standard InChI is InChI=1S/C6H10N2O3S/c1-2-6-12(9,10)11-8-5-3-4-7-8/h3-5H,2,6H2,1H3. The molecule has 12 heavy (non-hydrogen) atoms. The van der Waals surface area contributed by atoms with Crippen LogP contribution in [0.4, 0.5) is 0 Å². The number of nitrogens with zero attached hydrogens (tertiary/aromatic N) is 2. The molecule has 0 unspecified atom stereocenters. The zero-order valence-electron chi connectivity index (χ0n) is 6.67. The number of hydrogen-bond acceptors (Lipinski definition) is 4. The highest BCUT2D eigenvalue weighted by molar-refractivity contribution is 7.86. The van der Waals surface area contributed by atoms with Crippen molar-refractivity contribution in [3.8, 4) is 0 Å². The summed E-state index contributed by atoms with van der Waals surface area (Å²) in [7, 11) is -3.45. The summed E-state index contributed by atoms with van der Waals surface area (Å²) in [5.74, 6) is 0.00681. The first-order valence-corrected chi connectivity index (χ1v) is 5.14. The van der Waals surface area contributed by atoms with Crippen LogP contribution in [0.5, 0.6) is 0 Å². The van der Waals surface area contributed by atoms with Crippen molar-refractivity contribution in [2.24, 2.45) is 0 Å². The predicted molar refractivity (Wildman–Crippen MR) is 42.9 cm³/mol. The highest BCUT2D eigenvalue weighted by Crippen LogP contribution is 1.92. The zero-order chi connectivity index (χ0) is 9.03. The van der Waals surface area contributed by atoms with Crippen LogP contribution < -0.4 is 4.28 Å². The van der Waals surface area contributed by atoms with Crippen LogP contribution in [0.1, 0.15) is 13.3 Å². The minimum atomic E-state index is -3.45. The van der Waals surface area contributed by atoms with Gasteiger partial charge in [0.2, 0.25) is 0 Å². The molecule has 1 aromatic heterocycles. The molecular weight excluding hydrogens is 180 g/mol. The van der Waals surface area contributed by atoms with Gasteiger partial charge >= 0.3 is 10.1 Å². The number of aromatic nitrogens is 2. The quantitative estimate of drug-likeness (QED) is 0.673. The van der Waals surface area contributed by atoms with E-state index in [1.54, 1.807) is 13.0 Å². The summed E-state index contributed by atoms with van der Waals surface area (Å²) in [6.07, 6.45) is 3.40. The minimum Gasteiger partial charge on any atom is -0.270 e. The third-order valence-electron chi connectivity index (χ3n) is 1.12. The Hall–Kier alpha value is -1.04. The molecule has 0 aromatic carbocycles. The molecule has 0 fully saturated rings. The van der Waals surface area contributed by atoms with Crippen molar-refractivity contribution in [3.63, 3.8) is 0 Å². The zero-order valence-corrected chi connectivity index (χ0v) is 7.49. The molecule has 0 saturated carbocycles. The van der Waals surface area contributed by atoms with Crippen molar-refractivity contribution >= 4 is 10.1 Å². The second-order valence-electron chi connectivity index (χ2n) is 2.24. The van der Waals surface area contributed by atoms with Crippen LogP contribution in [0.2, 0.25) is 0 Å². The summed E-state index contributed by atoms with van der Waals surface area (Å²) < 4.78 is 26.6. The SMILES string of the molecule is CCCS(=O)(=O)On1cccn1. The molecule has 0 spiro atoms. The largest absolute Gasteiger partial charge is 0.328 e. The molecule has 0 aliphatic heterocycles. The Morgan fingerprint density at radius 3 is 2.83 bits per heavy atom. The van der Waals surface area contributed by atoms with Crippen LogP contribution in [0.25, 0.3) is 0 Å². The van der Waals surface area contributed by atoms with E-state index in [0.717, 1.165) is 4.85 Å². The van der Waals surface area contributed by atoms with E-state index >= 15 is 0 Å². The average molecular weight is 190 g/mol. The van der Waals surface area contributed by atoms with E-state index in [4.69, 9.17) is 0 Å². The molecule has 0 aliphatic carbocycles. The monoisotopic (exact) mass is 190 g/mol. The van der Waals surface area contributed by atoms with Crippen LogP contribution in [0.3, 0.4) is 0 Å². The van der Waals surface area contributed by atoms with Gasteiger partial charge in [-0.05, 0) is 12.5 Å². The fourth-order valence-corrected chi connectivity index (χ4v) is 1.60. The van der Waals surface area contributed by atoms with E-state index in [1.807, 2.05) is 0 Å². The topological polar surface area (TPSA) is 61.2 Å². The lowest BCUT2D eigenvalue weighted by Gasteiger charge is -2.02. The normalized spacial score (nSPS) is 11.4. The molecule has 0 amide bonds. The van der Waals surface area contributed by atoms with Gasteiger partial charge in [-0.2, -0.15) is 8.42 Å². The Morgan fingerprint density at radius 1 is 1.58 bits per heavy atom. The van der Waals surface area contributed by atoms with Crippen LogP contribution in [0, 0.1) is 0 Å². The molecule has 0 saturated heterocycles. The summed E-state index contributed by atoms with van der Waals surface area (Å²) in [4.78, 5) is 0.922. The lowest BCUT2D eigenvalue weighted by atomic mass is 10.6. The molecule has 0 radical (unpaired) electrons. The summed E-state index contributed by atoms with van der Waals surface area (Å²) in [5, 5.41) is 3.60. The Balaban J connectivity index is 2.63. The molecular formula is C6H10N2O3S. The average Bonchev–Trinajstić information content (AvgIpc) is 2.38. The Morgan fingerprint density at radius 2 is 2.33 bits per heavy atom. The minimum absolute atomic E-state index is 0.00681. The van der Waals surface area contributed by atoms with Crippen molar-refractivity contribution in [2.45, 2.75) is 13.3 Å². The van der Waals surface area contributed by atoms with Gasteiger partial charge in [0.1, 0.15) is 0 Å². The first-order valence-electron chi connectivity index (χ1n) is 3.56. The van der Waals surface area contributed by atoms with E-state index in [1.165, 1.54) is 12.4 Å². The van der Waals surface area contributed by atoms with E-state index in [-0.39, 0.29) is 5.75 Å². The van der Waals surface area contributed by atoms with Crippen LogP contribution in [-0.4, -0.2) is 24.1 Å². The fourth-order valence-electron chi connectivity index (χ4n) is 0.703. The Bertz CT molecular complexity index is 317. The first-order chi connectivity index (χ1) is 5.64. The summed E-state index contributed by atoms with van der Waals surface area (Å²) in [6.45, 7) is 1.77. The molecule has 0 aliphatic rings. The Labute approximate surface area is 71.0 Å². The maximum absolute atomic E-state index is 11.0. The lowest BCUT2D eigenvalue weighted by Crippen LogP contribution is -2.22. The van der Waals surface area contributed by atoms with Crippen LogP contribution in [0.15, 0.2) is 18.5 Å². The molecule has 5 nitrogen and oxygen atoms in total. The lowest BCUT2D eigenvalue weighted by molar-refractivity contribution is 0.240. The molecule has 0 atom stereocenters. The van der Waals surface area contributed by atoms with Crippen molar-refractivity contribution in [3.05, 3.63) is 18.5 Å². The second-order valence-corrected chi connectivity index (χ2v) is 3.92. The Kier molecular flexibility index (Phi) is 2.69. The smallest absolute Gasteiger partial charge is 0.270 e. The van der Waals surface area contributed by atoms with Gasteiger partial charge < -0.3 is 0 Å². The van der Waals surface area contributed by atoms with Crippen molar-refractivity contribution < 1.29 is 12.7 Å². The number of hydrogen-bond donors (Lipinski definition) is 0. The third-order valence-corrected chi connectivity index (χ3v) is 2.41. The van der Waals surface area contributed by atoms with Crippen molar-refractivity contribution in [1.82, 2.24) is 9.94 Å². The molecule has 1 heterocycles. The van der Waals surface area contributed by atoms with Gasteiger partial charge in [-0.3, -0.25) is 4.28 Å². The molecule has 0 bridgehead atoms. The van der Waals surface area contributed by atoms with Crippen LogP contribution in [-0.2, 0) is 10.1 Å². The highest BCUT2D eigenvalue weighted by Gasteiger charge is 2.10. The van der Waals surface area contributed by atoms with E-state index in [2.05, 4.69) is 9.38 Å². The first kappa shape index (κ1) is 9.05. The molecule has 68 valence electrons. The maximum atomic E-state index is 11.0. The summed E-state index contributed by atoms with van der Waals surface area (Å²) in [6, 6.07) is 1.58. The van der Waals surface area contributed by atoms with Crippen LogP contribution >= 0.6 is 0 Å². The van der Waals surface area contributed by atoms with Gasteiger partial charge in [-0.15, -0.1) is 5.10 Å². The number of rotatable bonds is 4. The fraction of sp³-hybridized carbons (Fsp3) is 0.500. The predicted octanol–water partition coefficient (Wildman–Crippen LogP) is 0.0515. The van der Waals surface area contributed by atoms with Crippen molar-refractivity contribution in [1.29, 1.82) is 0 Å². The molecule has 6 heteroatoms. The van der Waals surface area contributed by atoms with E-state index < -0.39 is 10.1 Å². The summed E-state index contributed by atoms with van der Waals surface area (Å²) in [5.41, 5.74) is 0. The van der Waals surface area contributed by atoms with Gasteiger partial charge in [-0.25, -0.2) is 0 Å². The van der Waals surface area contributed by atoms with Gasteiger partial charge in [0, 0.05) is 0 Å². The van der Waals surface area contributed by atoms with E-state index in [9.17, 15) is 8.42 Å². The second kappa shape index (κ2) is 3.57. The maximum Gasteiger partial charge on any atom is 0.328 e. The summed E-state index contributed by atoms with van der Waals surface area (Å²) >= 11 is 0. The molecule has 0 N–H and O–H groups in total. The third kappa shape index (κ3) is 2.54. The van der Waals surface area contributed by atoms with Crippen molar-refractivity contribution in [2.75, 3.05) is 5.75 Å².